The Hall–Kier alpha value is -3.60. The number of anilines is 2. The Bertz CT molecular complexity index is 1170. The number of aliphatic hydroxyl groups is 1. The number of benzene rings is 2. The van der Waals surface area contributed by atoms with Gasteiger partial charge in [0.1, 0.15) is 18.4 Å². The van der Waals surface area contributed by atoms with Gasteiger partial charge < -0.3 is 20.0 Å². The number of carbonyl (C=O) groups excluding carboxylic acids is 3. The highest BCUT2D eigenvalue weighted by atomic mass is 16.4. The molecule has 2 saturated heterocycles. The molecule has 0 unspecified atom stereocenters. The molecule has 0 saturated carbocycles. The fourth-order valence-corrected chi connectivity index (χ4v) is 5.06. The SMILES string of the molecule is CC(C)C(=O)CCN1CCN(c2ccc(C=O)cc2)CC1.CC(C)CCO.O=Cc1ccc(N2CCN(CCC(=O)O)CC2)cc1. The van der Waals surface area contributed by atoms with Gasteiger partial charge in [0.2, 0.25) is 0 Å². The van der Waals surface area contributed by atoms with E-state index in [4.69, 9.17) is 10.2 Å². The fraction of sp³-hybridized carbons (Fsp3) is 0.556. The summed E-state index contributed by atoms with van der Waals surface area (Å²) >= 11 is 0. The molecule has 2 N–H and O–H groups in total. The second kappa shape index (κ2) is 21.2. The minimum atomic E-state index is -0.744. The van der Waals surface area contributed by atoms with Crippen LogP contribution in [-0.4, -0.2) is 116 Å². The summed E-state index contributed by atoms with van der Waals surface area (Å²) in [5.74, 6) is 0.395. The maximum atomic E-state index is 11.7. The second-order valence-corrected chi connectivity index (χ2v) is 12.5. The first-order chi connectivity index (χ1) is 22.1. The van der Waals surface area contributed by atoms with Crippen LogP contribution in [0.4, 0.5) is 11.4 Å². The fourth-order valence-electron chi connectivity index (χ4n) is 5.06. The molecule has 2 aliphatic rings. The van der Waals surface area contributed by atoms with Crippen molar-refractivity contribution in [3.63, 3.8) is 0 Å². The summed E-state index contributed by atoms with van der Waals surface area (Å²) in [6, 6.07) is 15.3. The van der Waals surface area contributed by atoms with E-state index in [-0.39, 0.29) is 12.3 Å². The van der Waals surface area contributed by atoms with Crippen molar-refractivity contribution in [2.24, 2.45) is 11.8 Å². The first kappa shape index (κ1) is 38.6. The maximum absolute atomic E-state index is 11.7. The smallest absolute Gasteiger partial charge is 0.304 e. The summed E-state index contributed by atoms with van der Waals surface area (Å²) in [6.45, 7) is 17.4. The van der Waals surface area contributed by atoms with Crippen LogP contribution in [0.15, 0.2) is 48.5 Å². The van der Waals surface area contributed by atoms with Gasteiger partial charge in [-0.15, -0.1) is 0 Å². The van der Waals surface area contributed by atoms with Crippen LogP contribution in [-0.2, 0) is 9.59 Å². The van der Waals surface area contributed by atoms with Crippen LogP contribution in [0.5, 0.6) is 0 Å². The molecule has 0 amide bonds. The molecule has 2 heterocycles. The van der Waals surface area contributed by atoms with E-state index in [2.05, 4.69) is 33.4 Å². The number of rotatable bonds is 13. The maximum Gasteiger partial charge on any atom is 0.304 e. The first-order valence-electron chi connectivity index (χ1n) is 16.5. The third-order valence-corrected chi connectivity index (χ3v) is 8.20. The summed E-state index contributed by atoms with van der Waals surface area (Å²) < 4.78 is 0. The van der Waals surface area contributed by atoms with E-state index in [1.807, 2.05) is 62.4 Å². The summed E-state index contributed by atoms with van der Waals surface area (Å²) in [5, 5.41) is 16.9. The van der Waals surface area contributed by atoms with E-state index in [0.29, 0.717) is 42.4 Å². The zero-order chi connectivity index (χ0) is 33.9. The van der Waals surface area contributed by atoms with Gasteiger partial charge in [-0.1, -0.05) is 27.7 Å². The number of hydrogen-bond acceptors (Lipinski definition) is 9. The van der Waals surface area contributed by atoms with E-state index in [0.717, 1.165) is 83.6 Å². The number of aliphatic carboxylic acids is 1. The van der Waals surface area contributed by atoms with Crippen molar-refractivity contribution in [2.75, 3.05) is 81.9 Å². The number of nitrogens with zero attached hydrogens (tertiary/aromatic N) is 4. The number of Topliss-reactive ketones (excluding diaryl/α,β-unsaturated/α-hetero) is 1. The van der Waals surface area contributed by atoms with Gasteiger partial charge in [-0.25, -0.2) is 0 Å². The van der Waals surface area contributed by atoms with Gasteiger partial charge in [-0.2, -0.15) is 0 Å². The number of hydrogen-bond donors (Lipinski definition) is 2. The number of ketones is 1. The van der Waals surface area contributed by atoms with E-state index < -0.39 is 5.97 Å². The van der Waals surface area contributed by atoms with Gasteiger partial charge in [-0.3, -0.25) is 29.0 Å². The van der Waals surface area contributed by atoms with Gasteiger partial charge in [0.05, 0.1) is 6.42 Å². The summed E-state index contributed by atoms with van der Waals surface area (Å²) in [6.07, 6.45) is 3.50. The van der Waals surface area contributed by atoms with Gasteiger partial charge in [0.25, 0.3) is 0 Å². The summed E-state index contributed by atoms with van der Waals surface area (Å²) in [4.78, 5) is 52.6. The zero-order valence-corrected chi connectivity index (χ0v) is 28.1. The zero-order valence-electron chi connectivity index (χ0n) is 28.1. The molecule has 0 aromatic heterocycles. The molecule has 10 nitrogen and oxygen atoms in total. The van der Waals surface area contributed by atoms with E-state index >= 15 is 0 Å². The quantitative estimate of drug-likeness (QED) is 0.306. The summed E-state index contributed by atoms with van der Waals surface area (Å²) in [7, 11) is 0. The molecule has 2 aromatic carbocycles. The number of aldehydes is 2. The van der Waals surface area contributed by atoms with Crippen LogP contribution in [0, 0.1) is 11.8 Å². The minimum absolute atomic E-state index is 0.141. The average Bonchev–Trinajstić information content (AvgIpc) is 3.07. The molecule has 0 atom stereocenters. The Morgan fingerprint density at radius 1 is 0.674 bits per heavy atom. The lowest BCUT2D eigenvalue weighted by Crippen LogP contribution is -2.47. The molecule has 254 valence electrons. The highest BCUT2D eigenvalue weighted by molar-refractivity contribution is 5.80. The molecule has 2 aromatic rings. The van der Waals surface area contributed by atoms with Crippen molar-refractivity contribution >= 4 is 35.7 Å². The molecular weight excluding hydrogens is 584 g/mol. The lowest BCUT2D eigenvalue weighted by molar-refractivity contribution is -0.137. The van der Waals surface area contributed by atoms with Crippen molar-refractivity contribution < 1.29 is 29.4 Å². The second-order valence-electron chi connectivity index (χ2n) is 12.5. The normalized spacial score (nSPS) is 15.5. The topological polar surface area (TPSA) is 122 Å². The third-order valence-electron chi connectivity index (χ3n) is 8.20. The number of carboxylic acid groups (broad SMARTS) is 1. The van der Waals surface area contributed by atoms with Crippen molar-refractivity contribution in [1.82, 2.24) is 9.80 Å². The highest BCUT2D eigenvalue weighted by Gasteiger charge is 2.19. The monoisotopic (exact) mass is 638 g/mol. The van der Waals surface area contributed by atoms with Gasteiger partial charge in [0.15, 0.2) is 0 Å². The standard InChI is InChI=1S/C17H24N2O2.C14H18N2O3.C5H12O/c1-14(2)17(21)7-8-18-9-11-19(12-10-18)16-5-3-15(13-20)4-6-16;17-11-12-1-3-13(4-2-12)16-9-7-15(8-10-16)6-5-14(18)19;1-5(2)3-4-6/h3-6,13-14H,7-12H2,1-2H3;1-4,11H,5-10H2,(H,18,19);5-6H,3-4H2,1-2H3. The predicted molar refractivity (Wildman–Crippen MR) is 184 cm³/mol. The molecule has 46 heavy (non-hydrogen) atoms. The van der Waals surface area contributed by atoms with Crippen LogP contribution in [0.2, 0.25) is 0 Å². The lowest BCUT2D eigenvalue weighted by Gasteiger charge is -2.36. The van der Waals surface area contributed by atoms with Crippen LogP contribution in [0.3, 0.4) is 0 Å². The number of piperazine rings is 2. The highest BCUT2D eigenvalue weighted by Crippen LogP contribution is 2.18. The van der Waals surface area contributed by atoms with Crippen molar-refractivity contribution in [3.8, 4) is 0 Å². The van der Waals surface area contributed by atoms with E-state index in [9.17, 15) is 19.2 Å². The number of carboxylic acids is 1. The van der Waals surface area contributed by atoms with Gasteiger partial charge >= 0.3 is 5.97 Å². The molecule has 4 rings (SSSR count). The molecule has 0 spiro atoms. The third kappa shape index (κ3) is 14.7. The average molecular weight is 639 g/mol. The molecule has 10 heteroatoms. The van der Waals surface area contributed by atoms with Crippen LogP contribution < -0.4 is 9.80 Å². The molecule has 0 aliphatic carbocycles. The van der Waals surface area contributed by atoms with Crippen molar-refractivity contribution in [1.29, 1.82) is 0 Å². The van der Waals surface area contributed by atoms with Crippen LogP contribution in [0.1, 0.15) is 67.7 Å². The number of carbonyl (C=O) groups is 4. The molecule has 0 bridgehead atoms. The molecular formula is C36H54N4O6. The van der Waals surface area contributed by atoms with Gasteiger partial charge in [-0.05, 0) is 60.9 Å². The Morgan fingerprint density at radius 3 is 1.35 bits per heavy atom. The van der Waals surface area contributed by atoms with E-state index in [1.54, 1.807) is 0 Å². The Morgan fingerprint density at radius 2 is 1.07 bits per heavy atom. The first-order valence-corrected chi connectivity index (χ1v) is 16.5. The van der Waals surface area contributed by atoms with Crippen molar-refractivity contribution in [2.45, 2.75) is 47.0 Å². The van der Waals surface area contributed by atoms with Crippen molar-refractivity contribution in [3.05, 3.63) is 59.7 Å². The molecule has 0 radical (unpaired) electrons. The Kier molecular flexibility index (Phi) is 17.8. The Labute approximate surface area is 275 Å². The van der Waals surface area contributed by atoms with Gasteiger partial charge in [0, 0.05) is 107 Å². The largest absolute Gasteiger partial charge is 0.481 e. The minimum Gasteiger partial charge on any atom is -0.481 e. The number of aliphatic hydroxyl groups excluding tert-OH is 1. The van der Waals surface area contributed by atoms with E-state index in [1.165, 1.54) is 5.69 Å². The lowest BCUT2D eigenvalue weighted by atomic mass is 10.1. The Balaban J connectivity index is 0.000000273. The van der Waals surface area contributed by atoms with Crippen LogP contribution >= 0.6 is 0 Å². The van der Waals surface area contributed by atoms with Crippen LogP contribution in [0.25, 0.3) is 0 Å². The molecule has 2 aliphatic heterocycles. The predicted octanol–water partition coefficient (Wildman–Crippen LogP) is 4.36. The molecule has 2 fully saturated rings. The summed E-state index contributed by atoms with van der Waals surface area (Å²) in [5.41, 5.74) is 3.68.